The Hall–Kier alpha value is -1.65. The van der Waals surface area contributed by atoms with E-state index in [2.05, 4.69) is 13.8 Å². The number of anilines is 1. The Balaban J connectivity index is 2.31. The summed E-state index contributed by atoms with van der Waals surface area (Å²) in [6.45, 7) is 5.46. The fourth-order valence-electron chi connectivity index (χ4n) is 2.64. The third kappa shape index (κ3) is 3.08. The summed E-state index contributed by atoms with van der Waals surface area (Å²) >= 11 is 0. The van der Waals surface area contributed by atoms with Crippen molar-refractivity contribution in [3.05, 3.63) is 29.3 Å². The summed E-state index contributed by atoms with van der Waals surface area (Å²) in [4.78, 5) is 12.5. The van der Waals surface area contributed by atoms with Crippen LogP contribution in [0.4, 0.5) is 14.5 Å². The Morgan fingerprint density at radius 1 is 1.20 bits per heavy atom. The number of carboxylic acids is 1. The first-order valence-electron chi connectivity index (χ1n) is 6.77. The van der Waals surface area contributed by atoms with Crippen LogP contribution in [0.5, 0.6) is 0 Å². The molecule has 0 bridgehead atoms. The van der Waals surface area contributed by atoms with E-state index in [1.165, 1.54) is 0 Å². The Bertz CT molecular complexity index is 506. The molecule has 0 amide bonds. The average Bonchev–Trinajstić information content (AvgIpc) is 2.50. The summed E-state index contributed by atoms with van der Waals surface area (Å²) in [7, 11) is 0. The van der Waals surface area contributed by atoms with Gasteiger partial charge in [-0.05, 0) is 36.8 Å². The van der Waals surface area contributed by atoms with Crippen molar-refractivity contribution < 1.29 is 18.7 Å². The molecule has 1 aromatic carbocycles. The predicted molar refractivity (Wildman–Crippen MR) is 73.2 cm³/mol. The summed E-state index contributed by atoms with van der Waals surface area (Å²) in [5, 5.41) is 8.80. The van der Waals surface area contributed by atoms with E-state index in [1.807, 2.05) is 0 Å². The maximum Gasteiger partial charge on any atom is 0.335 e. The molecule has 3 nitrogen and oxygen atoms in total. The highest BCUT2D eigenvalue weighted by Gasteiger charge is 2.26. The zero-order chi connectivity index (χ0) is 14.9. The summed E-state index contributed by atoms with van der Waals surface area (Å²) in [6, 6.07) is 1.77. The van der Waals surface area contributed by atoms with Gasteiger partial charge in [0.05, 0.1) is 5.56 Å². The predicted octanol–water partition coefficient (Wildman–Crippen LogP) is 3.68. The normalized spacial score (nSPS) is 18.7. The quantitative estimate of drug-likeness (QED) is 0.900. The number of halogens is 2. The first-order chi connectivity index (χ1) is 9.30. The second kappa shape index (κ2) is 5.38. The van der Waals surface area contributed by atoms with Crippen LogP contribution in [0.1, 0.15) is 43.5 Å². The second-order valence-corrected chi connectivity index (χ2v) is 6.10. The molecule has 5 heteroatoms. The SMILES string of the molecule is CC1(C)CCCN(c2c(F)cc(C(=O)O)cc2F)CC1. The van der Waals surface area contributed by atoms with E-state index >= 15 is 0 Å². The van der Waals surface area contributed by atoms with Crippen molar-refractivity contribution in [2.24, 2.45) is 5.41 Å². The fraction of sp³-hybridized carbons (Fsp3) is 0.533. The molecule has 1 saturated heterocycles. The molecule has 1 aromatic rings. The van der Waals surface area contributed by atoms with E-state index in [0.29, 0.717) is 13.1 Å². The molecule has 1 aliphatic heterocycles. The molecule has 110 valence electrons. The highest BCUT2D eigenvalue weighted by atomic mass is 19.1. The van der Waals surface area contributed by atoms with Crippen LogP contribution < -0.4 is 4.90 Å². The molecule has 0 radical (unpaired) electrons. The number of hydrogen-bond acceptors (Lipinski definition) is 2. The van der Waals surface area contributed by atoms with Gasteiger partial charge in [-0.3, -0.25) is 0 Å². The molecular formula is C15H19F2NO2. The summed E-state index contributed by atoms with van der Waals surface area (Å²) < 4.78 is 28.1. The van der Waals surface area contributed by atoms with Gasteiger partial charge >= 0.3 is 5.97 Å². The van der Waals surface area contributed by atoms with Gasteiger partial charge in [0.15, 0.2) is 0 Å². The Morgan fingerprint density at radius 2 is 1.80 bits per heavy atom. The van der Waals surface area contributed by atoms with Crippen LogP contribution in [0.15, 0.2) is 12.1 Å². The molecule has 0 aliphatic carbocycles. The molecule has 1 aliphatic rings. The fourth-order valence-corrected chi connectivity index (χ4v) is 2.64. The van der Waals surface area contributed by atoms with Gasteiger partial charge in [0.1, 0.15) is 17.3 Å². The summed E-state index contributed by atoms with van der Waals surface area (Å²) in [6.07, 6.45) is 2.74. The maximum atomic E-state index is 14.0. The van der Waals surface area contributed by atoms with Crippen molar-refractivity contribution >= 4 is 11.7 Å². The third-order valence-electron chi connectivity index (χ3n) is 3.92. The summed E-state index contributed by atoms with van der Waals surface area (Å²) in [5.41, 5.74) is -0.297. The minimum atomic E-state index is -1.33. The zero-order valence-corrected chi connectivity index (χ0v) is 11.7. The molecule has 1 N–H and O–H groups in total. The lowest BCUT2D eigenvalue weighted by Crippen LogP contribution is -2.27. The zero-order valence-electron chi connectivity index (χ0n) is 11.7. The van der Waals surface area contributed by atoms with Gasteiger partial charge < -0.3 is 10.0 Å². The average molecular weight is 283 g/mol. The first kappa shape index (κ1) is 14.8. The minimum Gasteiger partial charge on any atom is -0.478 e. The largest absolute Gasteiger partial charge is 0.478 e. The molecule has 20 heavy (non-hydrogen) atoms. The lowest BCUT2D eigenvalue weighted by atomic mass is 9.85. The van der Waals surface area contributed by atoms with Crippen LogP contribution in [0.3, 0.4) is 0 Å². The molecule has 2 rings (SSSR count). The van der Waals surface area contributed by atoms with Crippen LogP contribution >= 0.6 is 0 Å². The molecule has 0 atom stereocenters. The number of carbonyl (C=O) groups is 1. The second-order valence-electron chi connectivity index (χ2n) is 6.10. The highest BCUT2D eigenvalue weighted by Crippen LogP contribution is 2.33. The van der Waals surface area contributed by atoms with Gasteiger partial charge in [-0.2, -0.15) is 0 Å². The molecule has 0 spiro atoms. The van der Waals surface area contributed by atoms with Crippen molar-refractivity contribution in [2.45, 2.75) is 33.1 Å². The molecule has 0 saturated carbocycles. The van der Waals surface area contributed by atoms with Gasteiger partial charge in [0, 0.05) is 13.1 Å². The Labute approximate surface area is 117 Å². The number of hydrogen-bond donors (Lipinski definition) is 1. The molecular weight excluding hydrogens is 264 g/mol. The van der Waals surface area contributed by atoms with Gasteiger partial charge in [0.2, 0.25) is 0 Å². The Kier molecular flexibility index (Phi) is 3.97. The van der Waals surface area contributed by atoms with E-state index in [9.17, 15) is 13.6 Å². The van der Waals surface area contributed by atoms with Gasteiger partial charge in [0.25, 0.3) is 0 Å². The smallest absolute Gasteiger partial charge is 0.335 e. The van der Waals surface area contributed by atoms with Gasteiger partial charge in [-0.15, -0.1) is 0 Å². The van der Waals surface area contributed by atoms with Crippen LogP contribution in [-0.2, 0) is 0 Å². The number of benzene rings is 1. The summed E-state index contributed by atoms with van der Waals surface area (Å²) in [5.74, 6) is -2.93. The molecule has 0 aromatic heterocycles. The van der Waals surface area contributed by atoms with E-state index in [4.69, 9.17) is 5.11 Å². The third-order valence-corrected chi connectivity index (χ3v) is 3.92. The standard InChI is InChI=1S/C15H19F2NO2/c1-15(2)4-3-6-18(7-5-15)13-11(16)8-10(14(19)20)9-12(13)17/h8-9H,3-7H2,1-2H3,(H,19,20). The topological polar surface area (TPSA) is 40.5 Å². The minimum absolute atomic E-state index is 0.104. The van der Waals surface area contributed by atoms with E-state index < -0.39 is 17.6 Å². The lowest BCUT2D eigenvalue weighted by Gasteiger charge is -2.25. The van der Waals surface area contributed by atoms with Crippen molar-refractivity contribution in [2.75, 3.05) is 18.0 Å². The number of rotatable bonds is 2. The van der Waals surface area contributed by atoms with Gasteiger partial charge in [-0.25, -0.2) is 13.6 Å². The number of nitrogens with zero attached hydrogens (tertiary/aromatic N) is 1. The Morgan fingerprint density at radius 3 is 2.35 bits per heavy atom. The number of aromatic carboxylic acids is 1. The molecule has 1 heterocycles. The van der Waals surface area contributed by atoms with E-state index in [-0.39, 0.29) is 16.7 Å². The van der Waals surface area contributed by atoms with Crippen LogP contribution in [0.25, 0.3) is 0 Å². The van der Waals surface area contributed by atoms with E-state index in [0.717, 1.165) is 31.4 Å². The van der Waals surface area contributed by atoms with Crippen LogP contribution in [0.2, 0.25) is 0 Å². The van der Waals surface area contributed by atoms with Crippen molar-refractivity contribution in [1.29, 1.82) is 0 Å². The first-order valence-corrected chi connectivity index (χ1v) is 6.77. The molecule has 0 unspecified atom stereocenters. The maximum absolute atomic E-state index is 14.0. The molecule has 1 fully saturated rings. The number of carboxylic acid groups (broad SMARTS) is 1. The monoisotopic (exact) mass is 283 g/mol. The van der Waals surface area contributed by atoms with E-state index in [1.54, 1.807) is 4.90 Å². The van der Waals surface area contributed by atoms with Crippen molar-refractivity contribution in [3.63, 3.8) is 0 Å². The van der Waals surface area contributed by atoms with Gasteiger partial charge in [-0.1, -0.05) is 13.8 Å². The van der Waals surface area contributed by atoms with Crippen molar-refractivity contribution in [3.8, 4) is 0 Å². The highest BCUT2D eigenvalue weighted by molar-refractivity contribution is 5.88. The lowest BCUT2D eigenvalue weighted by molar-refractivity contribution is 0.0695. The van der Waals surface area contributed by atoms with Crippen molar-refractivity contribution in [1.82, 2.24) is 0 Å². The van der Waals surface area contributed by atoms with Crippen LogP contribution in [-0.4, -0.2) is 24.2 Å². The van der Waals surface area contributed by atoms with Crippen LogP contribution in [0, 0.1) is 17.0 Å².